The van der Waals surface area contributed by atoms with Gasteiger partial charge in [-0.1, -0.05) is 6.42 Å². The number of aromatic nitrogens is 1. The van der Waals surface area contributed by atoms with E-state index in [1.54, 1.807) is 0 Å². The number of halogens is 3. The quantitative estimate of drug-likeness (QED) is 0.862. The van der Waals surface area contributed by atoms with Gasteiger partial charge in [-0.3, -0.25) is 0 Å². The zero-order chi connectivity index (χ0) is 14.3. The van der Waals surface area contributed by atoms with Crippen molar-refractivity contribution in [1.82, 2.24) is 4.98 Å². The highest BCUT2D eigenvalue weighted by Gasteiger charge is 2.39. The second-order valence-electron chi connectivity index (χ2n) is 5.82. The van der Waals surface area contributed by atoms with Crippen molar-refractivity contribution in [2.24, 2.45) is 17.6 Å². The van der Waals surface area contributed by atoms with Gasteiger partial charge in [0.15, 0.2) is 0 Å². The molecule has 3 rings (SSSR count). The monoisotopic (exact) mass is 285 g/mol. The Bertz CT molecular complexity index is 489. The normalized spacial score (nSPS) is 30.4. The molecule has 3 atom stereocenters. The Morgan fingerprint density at radius 3 is 2.75 bits per heavy atom. The van der Waals surface area contributed by atoms with Crippen LogP contribution in [0.3, 0.4) is 0 Å². The summed E-state index contributed by atoms with van der Waals surface area (Å²) in [5.41, 5.74) is 5.49. The van der Waals surface area contributed by atoms with E-state index >= 15 is 0 Å². The fraction of sp³-hybridized carbons (Fsp3) is 0.643. The Balaban J connectivity index is 1.81. The molecule has 1 saturated heterocycles. The van der Waals surface area contributed by atoms with Crippen molar-refractivity contribution < 1.29 is 13.2 Å². The van der Waals surface area contributed by atoms with Gasteiger partial charge in [0.1, 0.15) is 5.82 Å². The number of nitrogens with two attached hydrogens (primary N) is 1. The van der Waals surface area contributed by atoms with Crippen molar-refractivity contribution in [3.05, 3.63) is 23.9 Å². The third-order valence-electron chi connectivity index (χ3n) is 4.55. The van der Waals surface area contributed by atoms with Crippen LogP contribution < -0.4 is 10.6 Å². The molecule has 1 aliphatic heterocycles. The molecule has 1 aliphatic carbocycles. The van der Waals surface area contributed by atoms with Gasteiger partial charge in [-0.05, 0) is 36.8 Å². The van der Waals surface area contributed by atoms with Gasteiger partial charge in [0.05, 0.1) is 5.56 Å². The highest BCUT2D eigenvalue weighted by molar-refractivity contribution is 5.43. The Morgan fingerprint density at radius 1 is 1.25 bits per heavy atom. The Morgan fingerprint density at radius 2 is 2.05 bits per heavy atom. The average Bonchev–Trinajstić information content (AvgIpc) is 2.83. The molecule has 0 aromatic carbocycles. The molecule has 1 aromatic heterocycles. The van der Waals surface area contributed by atoms with Gasteiger partial charge in [0, 0.05) is 25.3 Å². The standard InChI is InChI=1S/C14H18F3N3/c15-14(16,17)10-4-5-19-13(6-10)20-7-9-2-1-3-12(18)11(9)8-20/h4-6,9,11-12H,1-3,7-8,18H2. The van der Waals surface area contributed by atoms with Gasteiger partial charge in [-0.15, -0.1) is 0 Å². The number of pyridine rings is 1. The van der Waals surface area contributed by atoms with E-state index in [1.807, 2.05) is 4.90 Å². The van der Waals surface area contributed by atoms with E-state index in [4.69, 9.17) is 5.73 Å². The molecule has 20 heavy (non-hydrogen) atoms. The molecule has 1 aromatic rings. The summed E-state index contributed by atoms with van der Waals surface area (Å²) in [6.45, 7) is 1.49. The van der Waals surface area contributed by atoms with E-state index in [0.29, 0.717) is 17.7 Å². The van der Waals surface area contributed by atoms with Crippen LogP contribution in [0.25, 0.3) is 0 Å². The minimum atomic E-state index is -4.32. The maximum absolute atomic E-state index is 12.7. The van der Waals surface area contributed by atoms with Crippen LogP contribution >= 0.6 is 0 Å². The minimum absolute atomic E-state index is 0.171. The number of anilines is 1. The van der Waals surface area contributed by atoms with Crippen LogP contribution in [-0.4, -0.2) is 24.1 Å². The molecular formula is C14H18F3N3. The summed E-state index contributed by atoms with van der Waals surface area (Å²) >= 11 is 0. The average molecular weight is 285 g/mol. The van der Waals surface area contributed by atoms with Crippen LogP contribution in [0.5, 0.6) is 0 Å². The lowest BCUT2D eigenvalue weighted by Gasteiger charge is -2.29. The van der Waals surface area contributed by atoms with Gasteiger partial charge < -0.3 is 10.6 Å². The molecule has 1 saturated carbocycles. The smallest absolute Gasteiger partial charge is 0.356 e. The van der Waals surface area contributed by atoms with E-state index in [1.165, 1.54) is 6.20 Å². The first-order chi connectivity index (χ1) is 9.45. The van der Waals surface area contributed by atoms with Gasteiger partial charge in [0.2, 0.25) is 0 Å². The summed E-state index contributed by atoms with van der Waals surface area (Å²) < 4.78 is 38.2. The fourth-order valence-corrected chi connectivity index (χ4v) is 3.47. The van der Waals surface area contributed by atoms with Crippen molar-refractivity contribution in [2.75, 3.05) is 18.0 Å². The number of rotatable bonds is 1. The summed E-state index contributed by atoms with van der Waals surface area (Å²) in [6, 6.07) is 2.32. The summed E-state index contributed by atoms with van der Waals surface area (Å²) in [7, 11) is 0. The van der Waals surface area contributed by atoms with Crippen molar-refractivity contribution in [1.29, 1.82) is 0 Å². The van der Waals surface area contributed by atoms with Crippen LogP contribution in [0, 0.1) is 11.8 Å². The molecule has 2 aliphatic rings. The lowest BCUT2D eigenvalue weighted by atomic mass is 9.78. The molecule has 110 valence electrons. The minimum Gasteiger partial charge on any atom is -0.356 e. The van der Waals surface area contributed by atoms with E-state index in [2.05, 4.69) is 4.98 Å². The third kappa shape index (κ3) is 2.49. The van der Waals surface area contributed by atoms with Crippen LogP contribution in [0.1, 0.15) is 24.8 Å². The number of hydrogen-bond donors (Lipinski definition) is 1. The predicted molar refractivity (Wildman–Crippen MR) is 70.3 cm³/mol. The Kier molecular flexibility index (Phi) is 3.36. The molecule has 2 N–H and O–H groups in total. The number of hydrogen-bond acceptors (Lipinski definition) is 3. The van der Waals surface area contributed by atoms with Gasteiger partial charge in [0.25, 0.3) is 0 Å². The van der Waals surface area contributed by atoms with E-state index < -0.39 is 11.7 Å². The molecule has 2 fully saturated rings. The van der Waals surface area contributed by atoms with Crippen LogP contribution in [0.4, 0.5) is 19.0 Å². The molecule has 6 heteroatoms. The van der Waals surface area contributed by atoms with Crippen molar-refractivity contribution in [3.8, 4) is 0 Å². The zero-order valence-electron chi connectivity index (χ0n) is 11.1. The number of nitrogens with zero attached hydrogens (tertiary/aromatic N) is 2. The van der Waals surface area contributed by atoms with Crippen molar-refractivity contribution >= 4 is 5.82 Å². The summed E-state index contributed by atoms with van der Waals surface area (Å²) in [4.78, 5) is 6.06. The van der Waals surface area contributed by atoms with Gasteiger partial charge >= 0.3 is 6.18 Å². The predicted octanol–water partition coefficient (Wildman–Crippen LogP) is 2.66. The molecule has 0 radical (unpaired) electrons. The summed E-state index contributed by atoms with van der Waals surface area (Å²) in [5.74, 6) is 1.30. The molecule has 0 spiro atoms. The number of alkyl halides is 3. The largest absolute Gasteiger partial charge is 0.416 e. The third-order valence-corrected chi connectivity index (χ3v) is 4.55. The molecule has 0 amide bonds. The summed E-state index contributed by atoms with van der Waals surface area (Å²) in [6.07, 6.45) is 0.172. The summed E-state index contributed by atoms with van der Waals surface area (Å²) in [5, 5.41) is 0. The molecule has 3 unspecified atom stereocenters. The first-order valence-corrected chi connectivity index (χ1v) is 6.99. The van der Waals surface area contributed by atoms with Crippen LogP contribution in [0.2, 0.25) is 0 Å². The Labute approximate surface area is 116 Å². The SMILES string of the molecule is NC1CCCC2CN(c3cc(C(F)(F)F)ccn3)CC12. The van der Waals surface area contributed by atoms with E-state index in [0.717, 1.165) is 44.5 Å². The molecular weight excluding hydrogens is 267 g/mol. The topological polar surface area (TPSA) is 42.1 Å². The highest BCUT2D eigenvalue weighted by atomic mass is 19.4. The zero-order valence-corrected chi connectivity index (χ0v) is 11.1. The first kappa shape index (κ1) is 13.7. The molecule has 0 bridgehead atoms. The van der Waals surface area contributed by atoms with E-state index in [9.17, 15) is 13.2 Å². The van der Waals surface area contributed by atoms with Gasteiger partial charge in [-0.25, -0.2) is 4.98 Å². The van der Waals surface area contributed by atoms with Crippen molar-refractivity contribution in [2.45, 2.75) is 31.5 Å². The molecule has 2 heterocycles. The van der Waals surface area contributed by atoms with Crippen LogP contribution in [0.15, 0.2) is 18.3 Å². The first-order valence-electron chi connectivity index (χ1n) is 6.99. The Hall–Kier alpha value is -1.30. The second kappa shape index (κ2) is 4.91. The van der Waals surface area contributed by atoms with E-state index in [-0.39, 0.29) is 6.04 Å². The second-order valence-corrected chi connectivity index (χ2v) is 5.82. The lowest BCUT2D eigenvalue weighted by molar-refractivity contribution is -0.137. The highest BCUT2D eigenvalue weighted by Crippen LogP contribution is 2.38. The van der Waals surface area contributed by atoms with Gasteiger partial charge in [-0.2, -0.15) is 13.2 Å². The maximum atomic E-state index is 12.7. The fourth-order valence-electron chi connectivity index (χ4n) is 3.47. The number of fused-ring (bicyclic) bond motifs is 1. The molecule has 3 nitrogen and oxygen atoms in total. The lowest BCUT2D eigenvalue weighted by Crippen LogP contribution is -2.38. The van der Waals surface area contributed by atoms with Crippen LogP contribution in [-0.2, 0) is 6.18 Å². The maximum Gasteiger partial charge on any atom is 0.416 e. The van der Waals surface area contributed by atoms with Crippen molar-refractivity contribution in [3.63, 3.8) is 0 Å².